The molecule has 4 nitrogen and oxygen atoms in total. The molecule has 126 valence electrons. The van der Waals surface area contributed by atoms with E-state index in [1.165, 1.54) is 0 Å². The standard InChI is InChI=1S/C21H18O4/c1-20-17(18(22)25-19(20)23)16-12-7-3-5-9-14(12)21(20,11-24-2)15-10-6-4-8-13(15)16/h3-10,16-17H,11H2,1-2H3. The van der Waals surface area contributed by atoms with Gasteiger partial charge in [-0.25, -0.2) is 0 Å². The smallest absolute Gasteiger partial charge is 0.321 e. The predicted molar refractivity (Wildman–Crippen MR) is 90.1 cm³/mol. The number of hydrogen-bond donors (Lipinski definition) is 0. The zero-order valence-electron chi connectivity index (χ0n) is 14.1. The third-order valence-corrected chi connectivity index (χ3v) is 6.59. The summed E-state index contributed by atoms with van der Waals surface area (Å²) in [6.45, 7) is 2.20. The molecule has 25 heavy (non-hydrogen) atoms. The van der Waals surface area contributed by atoms with Crippen LogP contribution in [0.25, 0.3) is 0 Å². The molecule has 1 saturated heterocycles. The Morgan fingerprint density at radius 2 is 1.56 bits per heavy atom. The molecule has 2 unspecified atom stereocenters. The minimum Gasteiger partial charge on any atom is -0.392 e. The summed E-state index contributed by atoms with van der Waals surface area (Å²) < 4.78 is 10.8. The molecule has 2 aromatic carbocycles. The zero-order chi connectivity index (χ0) is 17.4. The number of cyclic esters (lactones) is 2. The van der Waals surface area contributed by atoms with Gasteiger partial charge in [0.05, 0.1) is 23.4 Å². The average molecular weight is 334 g/mol. The van der Waals surface area contributed by atoms with E-state index in [1.807, 2.05) is 31.2 Å². The van der Waals surface area contributed by atoms with Gasteiger partial charge in [-0.15, -0.1) is 0 Å². The fraction of sp³-hybridized carbons (Fsp3) is 0.333. The maximum Gasteiger partial charge on any atom is 0.321 e. The molecule has 2 atom stereocenters. The van der Waals surface area contributed by atoms with E-state index in [0.717, 1.165) is 22.3 Å². The second-order valence-electron chi connectivity index (χ2n) is 7.38. The molecule has 1 aliphatic heterocycles. The first-order valence-corrected chi connectivity index (χ1v) is 8.51. The van der Waals surface area contributed by atoms with E-state index in [1.54, 1.807) is 7.11 Å². The molecule has 6 rings (SSSR count). The van der Waals surface area contributed by atoms with Crippen molar-refractivity contribution < 1.29 is 19.1 Å². The van der Waals surface area contributed by atoms with Crippen molar-refractivity contribution in [3.63, 3.8) is 0 Å². The fourth-order valence-corrected chi connectivity index (χ4v) is 5.60. The number of ether oxygens (including phenoxy) is 2. The zero-order valence-corrected chi connectivity index (χ0v) is 14.1. The Labute approximate surface area is 145 Å². The Balaban J connectivity index is 1.98. The maximum atomic E-state index is 12.9. The summed E-state index contributed by atoms with van der Waals surface area (Å²) in [6, 6.07) is 16.2. The Bertz CT molecular complexity index is 883. The quantitative estimate of drug-likeness (QED) is 0.626. The van der Waals surface area contributed by atoms with E-state index in [2.05, 4.69) is 24.3 Å². The lowest BCUT2D eigenvalue weighted by atomic mass is 9.41. The molecular weight excluding hydrogens is 316 g/mol. The summed E-state index contributed by atoms with van der Waals surface area (Å²) in [6.07, 6.45) is 0. The number of carbonyl (C=O) groups is 2. The van der Waals surface area contributed by atoms with Gasteiger partial charge in [-0.2, -0.15) is 0 Å². The van der Waals surface area contributed by atoms with E-state index in [4.69, 9.17) is 9.47 Å². The number of rotatable bonds is 2. The van der Waals surface area contributed by atoms with Gasteiger partial charge >= 0.3 is 11.9 Å². The number of esters is 2. The van der Waals surface area contributed by atoms with Crippen molar-refractivity contribution in [2.45, 2.75) is 18.3 Å². The van der Waals surface area contributed by atoms with Crippen LogP contribution in [0.1, 0.15) is 35.1 Å². The Kier molecular flexibility index (Phi) is 2.72. The third-order valence-electron chi connectivity index (χ3n) is 6.59. The molecule has 1 fully saturated rings. The van der Waals surface area contributed by atoms with Crippen molar-refractivity contribution >= 4 is 11.9 Å². The molecule has 0 spiro atoms. The minimum atomic E-state index is -0.965. The summed E-state index contributed by atoms with van der Waals surface area (Å²) in [7, 11) is 1.64. The normalized spacial score (nSPS) is 34.3. The van der Waals surface area contributed by atoms with Crippen LogP contribution in [0.4, 0.5) is 0 Å². The molecule has 0 aromatic heterocycles. The maximum absolute atomic E-state index is 12.9. The lowest BCUT2D eigenvalue weighted by Gasteiger charge is -2.58. The highest BCUT2D eigenvalue weighted by atomic mass is 16.6. The Morgan fingerprint density at radius 1 is 1.00 bits per heavy atom. The van der Waals surface area contributed by atoms with E-state index in [0.29, 0.717) is 6.61 Å². The molecule has 4 heteroatoms. The van der Waals surface area contributed by atoms with Gasteiger partial charge in [-0.3, -0.25) is 9.59 Å². The van der Waals surface area contributed by atoms with Crippen LogP contribution < -0.4 is 0 Å². The highest BCUT2D eigenvalue weighted by Gasteiger charge is 2.74. The average Bonchev–Trinajstić information content (AvgIpc) is 2.86. The van der Waals surface area contributed by atoms with Crippen molar-refractivity contribution in [2.24, 2.45) is 11.3 Å². The van der Waals surface area contributed by atoms with Gasteiger partial charge in [0, 0.05) is 13.0 Å². The van der Waals surface area contributed by atoms with Gasteiger partial charge < -0.3 is 9.47 Å². The molecule has 0 saturated carbocycles. The molecule has 3 aliphatic carbocycles. The molecule has 0 radical (unpaired) electrons. The van der Waals surface area contributed by atoms with Crippen LogP contribution in [0.2, 0.25) is 0 Å². The first kappa shape index (κ1) is 14.8. The van der Waals surface area contributed by atoms with Crippen LogP contribution in [0.3, 0.4) is 0 Å². The van der Waals surface area contributed by atoms with Gasteiger partial charge in [-0.05, 0) is 29.2 Å². The lowest BCUT2D eigenvalue weighted by Crippen LogP contribution is -2.62. The van der Waals surface area contributed by atoms with Crippen molar-refractivity contribution in [2.75, 3.05) is 13.7 Å². The SMILES string of the molecule is COCC12c3ccccc3C(c3ccccc31)C1C(=O)OC(=O)C12C. The molecule has 4 aliphatic rings. The summed E-state index contributed by atoms with van der Waals surface area (Å²) in [5.74, 6) is -1.52. The monoisotopic (exact) mass is 334 g/mol. The minimum absolute atomic E-state index is 0.157. The van der Waals surface area contributed by atoms with Crippen LogP contribution in [-0.4, -0.2) is 25.7 Å². The topological polar surface area (TPSA) is 52.6 Å². The van der Waals surface area contributed by atoms with E-state index >= 15 is 0 Å². The van der Waals surface area contributed by atoms with Gasteiger partial charge in [0.15, 0.2) is 0 Å². The third kappa shape index (κ3) is 1.40. The van der Waals surface area contributed by atoms with Crippen LogP contribution in [0.15, 0.2) is 48.5 Å². The number of carbonyl (C=O) groups excluding carboxylic acids is 2. The summed E-state index contributed by atoms with van der Waals surface area (Å²) in [5, 5.41) is 0. The van der Waals surface area contributed by atoms with Gasteiger partial charge in [0.2, 0.25) is 0 Å². The van der Waals surface area contributed by atoms with Gasteiger partial charge in [-0.1, -0.05) is 48.5 Å². The number of hydrogen-bond acceptors (Lipinski definition) is 4. The van der Waals surface area contributed by atoms with Crippen molar-refractivity contribution in [1.29, 1.82) is 0 Å². The predicted octanol–water partition coefficient (Wildman–Crippen LogP) is 2.78. The highest BCUT2D eigenvalue weighted by molar-refractivity contribution is 6.03. The molecule has 0 N–H and O–H groups in total. The first-order chi connectivity index (χ1) is 12.1. The first-order valence-electron chi connectivity index (χ1n) is 8.51. The highest BCUT2D eigenvalue weighted by Crippen LogP contribution is 2.69. The summed E-state index contributed by atoms with van der Waals surface area (Å²) in [5.41, 5.74) is 2.67. The summed E-state index contributed by atoms with van der Waals surface area (Å²) in [4.78, 5) is 25.6. The van der Waals surface area contributed by atoms with Crippen molar-refractivity contribution in [3.8, 4) is 0 Å². The molecule has 2 aromatic rings. The number of benzene rings is 2. The van der Waals surface area contributed by atoms with Gasteiger partial charge in [0.1, 0.15) is 0 Å². The fourth-order valence-electron chi connectivity index (χ4n) is 5.60. The molecule has 0 amide bonds. The molecular formula is C21H18O4. The van der Waals surface area contributed by atoms with Crippen LogP contribution in [0, 0.1) is 11.3 Å². The van der Waals surface area contributed by atoms with Crippen molar-refractivity contribution in [3.05, 3.63) is 70.8 Å². The second kappa shape index (κ2) is 4.58. The van der Waals surface area contributed by atoms with Crippen LogP contribution >= 0.6 is 0 Å². The van der Waals surface area contributed by atoms with E-state index in [-0.39, 0.29) is 5.92 Å². The molecule has 2 bridgehead atoms. The Morgan fingerprint density at radius 3 is 2.12 bits per heavy atom. The van der Waals surface area contributed by atoms with Crippen LogP contribution in [-0.2, 0) is 24.5 Å². The van der Waals surface area contributed by atoms with Gasteiger partial charge in [0.25, 0.3) is 0 Å². The largest absolute Gasteiger partial charge is 0.392 e. The second-order valence-corrected chi connectivity index (χ2v) is 7.38. The summed E-state index contributed by atoms with van der Waals surface area (Å²) >= 11 is 0. The van der Waals surface area contributed by atoms with E-state index in [9.17, 15) is 9.59 Å². The Hall–Kier alpha value is -2.46. The lowest BCUT2D eigenvalue weighted by molar-refractivity contribution is -0.156. The molecule has 1 heterocycles. The van der Waals surface area contributed by atoms with E-state index < -0.39 is 28.7 Å². The number of methoxy groups -OCH3 is 1. The van der Waals surface area contributed by atoms with Crippen LogP contribution in [0.5, 0.6) is 0 Å². The van der Waals surface area contributed by atoms with Crippen molar-refractivity contribution in [1.82, 2.24) is 0 Å².